The highest BCUT2D eigenvalue weighted by atomic mass is 15.2. The molecule has 1 saturated heterocycles. The van der Waals surface area contributed by atoms with Crippen LogP contribution in [0.3, 0.4) is 0 Å². The van der Waals surface area contributed by atoms with Crippen molar-refractivity contribution in [2.24, 2.45) is 5.92 Å². The van der Waals surface area contributed by atoms with Gasteiger partial charge in [0.2, 0.25) is 0 Å². The summed E-state index contributed by atoms with van der Waals surface area (Å²) in [5, 5.41) is 3.67. The molecule has 0 spiro atoms. The molecule has 2 heteroatoms. The molecule has 0 radical (unpaired) electrons. The minimum atomic E-state index is 0.256. The quantitative estimate of drug-likeness (QED) is 0.790. The molecule has 1 saturated carbocycles. The third-order valence-corrected chi connectivity index (χ3v) is 4.26. The topological polar surface area (TPSA) is 15.3 Å². The van der Waals surface area contributed by atoms with E-state index >= 15 is 0 Å². The first-order chi connectivity index (χ1) is 7.49. The Morgan fingerprint density at radius 1 is 1.31 bits per heavy atom. The standard InChI is InChI=1S/C14H28N2/c1-5-12(9-15-14(2,3)4)16-10-11-6-7-13(16)8-11/h11-13,15H,5-10H2,1-4H3. The first-order valence-electron chi connectivity index (χ1n) is 7.00. The predicted octanol–water partition coefficient (Wildman–Crippen LogP) is 2.64. The van der Waals surface area contributed by atoms with Crippen LogP contribution < -0.4 is 5.32 Å². The van der Waals surface area contributed by atoms with Gasteiger partial charge >= 0.3 is 0 Å². The summed E-state index contributed by atoms with van der Waals surface area (Å²) < 4.78 is 0. The van der Waals surface area contributed by atoms with Crippen molar-refractivity contribution >= 4 is 0 Å². The van der Waals surface area contributed by atoms with Crippen LogP contribution in [0.25, 0.3) is 0 Å². The van der Waals surface area contributed by atoms with E-state index in [9.17, 15) is 0 Å². The highest BCUT2D eigenvalue weighted by Crippen LogP contribution is 2.38. The highest BCUT2D eigenvalue weighted by Gasteiger charge is 2.40. The number of fused-ring (bicyclic) bond motifs is 2. The van der Waals surface area contributed by atoms with Crippen LogP contribution in [0.5, 0.6) is 0 Å². The Kier molecular flexibility index (Phi) is 3.60. The minimum absolute atomic E-state index is 0.256. The third-order valence-electron chi connectivity index (χ3n) is 4.26. The zero-order chi connectivity index (χ0) is 11.8. The highest BCUT2D eigenvalue weighted by molar-refractivity contribution is 4.95. The Balaban J connectivity index is 1.86. The van der Waals surface area contributed by atoms with E-state index in [1.165, 1.54) is 32.2 Å². The zero-order valence-corrected chi connectivity index (χ0v) is 11.4. The van der Waals surface area contributed by atoms with Crippen LogP contribution in [-0.2, 0) is 0 Å². The Hall–Kier alpha value is -0.0800. The second kappa shape index (κ2) is 4.66. The number of likely N-dealkylation sites (tertiary alicyclic amines) is 1. The largest absolute Gasteiger partial charge is 0.311 e. The summed E-state index contributed by atoms with van der Waals surface area (Å²) >= 11 is 0. The van der Waals surface area contributed by atoms with Gasteiger partial charge in [-0.15, -0.1) is 0 Å². The van der Waals surface area contributed by atoms with Crippen LogP contribution in [0.2, 0.25) is 0 Å². The van der Waals surface area contributed by atoms with E-state index in [1.54, 1.807) is 0 Å². The Morgan fingerprint density at radius 2 is 2.06 bits per heavy atom. The number of nitrogens with one attached hydrogen (secondary N) is 1. The molecule has 94 valence electrons. The average molecular weight is 224 g/mol. The van der Waals surface area contributed by atoms with E-state index < -0.39 is 0 Å². The maximum atomic E-state index is 3.67. The lowest BCUT2D eigenvalue weighted by atomic mass is 10.0. The van der Waals surface area contributed by atoms with Gasteiger partial charge in [0.25, 0.3) is 0 Å². The Labute approximate surface area is 101 Å². The van der Waals surface area contributed by atoms with Crippen LogP contribution >= 0.6 is 0 Å². The van der Waals surface area contributed by atoms with E-state index in [0.29, 0.717) is 0 Å². The predicted molar refractivity (Wildman–Crippen MR) is 69.7 cm³/mol. The van der Waals surface area contributed by atoms with Crippen LogP contribution in [0.1, 0.15) is 53.4 Å². The first-order valence-corrected chi connectivity index (χ1v) is 7.00. The minimum Gasteiger partial charge on any atom is -0.311 e. The molecule has 2 rings (SSSR count). The van der Waals surface area contributed by atoms with Crippen molar-refractivity contribution in [3.05, 3.63) is 0 Å². The Bertz CT molecular complexity index is 231. The van der Waals surface area contributed by atoms with Crippen molar-refractivity contribution in [2.75, 3.05) is 13.1 Å². The lowest BCUT2D eigenvalue weighted by molar-refractivity contribution is 0.136. The number of rotatable bonds is 4. The molecule has 2 aliphatic rings. The molecule has 0 aromatic heterocycles. The monoisotopic (exact) mass is 224 g/mol. The number of hydrogen-bond acceptors (Lipinski definition) is 2. The molecule has 0 aromatic rings. The van der Waals surface area contributed by atoms with Crippen LogP contribution in [0, 0.1) is 5.92 Å². The van der Waals surface area contributed by atoms with Crippen LogP contribution in [-0.4, -0.2) is 35.6 Å². The van der Waals surface area contributed by atoms with Crippen molar-refractivity contribution in [1.29, 1.82) is 0 Å². The summed E-state index contributed by atoms with van der Waals surface area (Å²) in [7, 11) is 0. The van der Waals surface area contributed by atoms with E-state index in [-0.39, 0.29) is 5.54 Å². The van der Waals surface area contributed by atoms with Crippen LogP contribution in [0.15, 0.2) is 0 Å². The molecule has 1 aliphatic carbocycles. The van der Waals surface area contributed by atoms with Gasteiger partial charge in [-0.05, 0) is 52.4 Å². The summed E-state index contributed by atoms with van der Waals surface area (Å²) in [5.74, 6) is 1.02. The van der Waals surface area contributed by atoms with Gasteiger partial charge in [-0.2, -0.15) is 0 Å². The second-order valence-electron chi connectivity index (χ2n) is 6.72. The van der Waals surface area contributed by atoms with Crippen molar-refractivity contribution in [3.63, 3.8) is 0 Å². The van der Waals surface area contributed by atoms with Gasteiger partial charge < -0.3 is 5.32 Å². The fraction of sp³-hybridized carbons (Fsp3) is 1.00. The van der Waals surface area contributed by atoms with Gasteiger partial charge in [-0.1, -0.05) is 6.92 Å². The molecule has 1 heterocycles. The van der Waals surface area contributed by atoms with E-state index in [0.717, 1.165) is 24.5 Å². The molecular formula is C14H28N2. The molecule has 0 aromatic carbocycles. The number of hydrogen-bond donors (Lipinski definition) is 1. The summed E-state index contributed by atoms with van der Waals surface area (Å²) in [5.41, 5.74) is 0.256. The maximum absolute atomic E-state index is 3.67. The first kappa shape index (κ1) is 12.4. The second-order valence-corrected chi connectivity index (χ2v) is 6.72. The fourth-order valence-corrected chi connectivity index (χ4v) is 3.33. The van der Waals surface area contributed by atoms with Crippen molar-refractivity contribution in [3.8, 4) is 0 Å². The van der Waals surface area contributed by atoms with Crippen molar-refractivity contribution < 1.29 is 0 Å². The van der Waals surface area contributed by atoms with Crippen molar-refractivity contribution in [1.82, 2.24) is 10.2 Å². The zero-order valence-electron chi connectivity index (χ0n) is 11.4. The van der Waals surface area contributed by atoms with Gasteiger partial charge in [-0.25, -0.2) is 0 Å². The lowest BCUT2D eigenvalue weighted by Gasteiger charge is -2.36. The van der Waals surface area contributed by atoms with Gasteiger partial charge in [0.1, 0.15) is 0 Å². The van der Waals surface area contributed by atoms with E-state index in [1.807, 2.05) is 0 Å². The fourth-order valence-electron chi connectivity index (χ4n) is 3.33. The normalized spacial score (nSPS) is 32.2. The summed E-state index contributed by atoms with van der Waals surface area (Å²) in [6, 6.07) is 1.67. The molecule has 2 fully saturated rings. The summed E-state index contributed by atoms with van der Waals surface area (Å²) in [6.45, 7) is 11.6. The SMILES string of the molecule is CCC(CNC(C)(C)C)N1CC2CCC1C2. The Morgan fingerprint density at radius 3 is 2.50 bits per heavy atom. The molecular weight excluding hydrogens is 196 g/mol. The number of nitrogens with zero attached hydrogens (tertiary/aromatic N) is 1. The summed E-state index contributed by atoms with van der Waals surface area (Å²) in [4.78, 5) is 2.78. The molecule has 3 atom stereocenters. The average Bonchev–Trinajstić information content (AvgIpc) is 2.78. The van der Waals surface area contributed by atoms with E-state index in [2.05, 4.69) is 37.9 Å². The van der Waals surface area contributed by atoms with Gasteiger partial charge in [0.15, 0.2) is 0 Å². The van der Waals surface area contributed by atoms with Crippen LogP contribution in [0.4, 0.5) is 0 Å². The molecule has 2 bridgehead atoms. The maximum Gasteiger partial charge on any atom is 0.0221 e. The summed E-state index contributed by atoms with van der Waals surface area (Å²) in [6.07, 6.45) is 5.71. The van der Waals surface area contributed by atoms with Gasteiger partial charge in [-0.3, -0.25) is 4.90 Å². The molecule has 3 unspecified atom stereocenters. The molecule has 1 N–H and O–H groups in total. The smallest absolute Gasteiger partial charge is 0.0221 e. The third kappa shape index (κ3) is 2.78. The van der Waals surface area contributed by atoms with E-state index in [4.69, 9.17) is 0 Å². The lowest BCUT2D eigenvalue weighted by Crippen LogP contribution is -2.49. The molecule has 2 nitrogen and oxygen atoms in total. The molecule has 16 heavy (non-hydrogen) atoms. The number of piperidine rings is 1. The van der Waals surface area contributed by atoms with Gasteiger partial charge in [0.05, 0.1) is 0 Å². The van der Waals surface area contributed by atoms with Gasteiger partial charge in [0, 0.05) is 30.7 Å². The molecule has 0 amide bonds. The molecule has 1 aliphatic heterocycles. The van der Waals surface area contributed by atoms with Crippen molar-refractivity contribution in [2.45, 2.75) is 71.0 Å².